The van der Waals surface area contributed by atoms with Crippen LogP contribution in [0.2, 0.25) is 0 Å². The van der Waals surface area contributed by atoms with E-state index in [4.69, 9.17) is 0 Å². The Morgan fingerprint density at radius 2 is 1.83 bits per heavy atom. The van der Waals surface area contributed by atoms with E-state index in [9.17, 15) is 4.79 Å². The van der Waals surface area contributed by atoms with Crippen LogP contribution in [0.15, 0.2) is 72.9 Å². The average molecular weight is 302 g/mol. The molecule has 0 aliphatic heterocycles. The lowest BCUT2D eigenvalue weighted by atomic mass is 10.1. The molecule has 1 amide bonds. The molecule has 0 atom stereocenters. The Labute approximate surface area is 136 Å². The molecular weight excluding hydrogens is 284 g/mol. The van der Waals surface area contributed by atoms with Crippen LogP contribution in [-0.2, 0) is 6.54 Å². The van der Waals surface area contributed by atoms with Crippen molar-refractivity contribution in [2.24, 2.45) is 0 Å². The summed E-state index contributed by atoms with van der Waals surface area (Å²) >= 11 is 0. The minimum Gasteiger partial charge on any atom is -0.348 e. The third kappa shape index (κ3) is 3.83. The van der Waals surface area contributed by atoms with Gasteiger partial charge in [0.25, 0.3) is 5.91 Å². The highest BCUT2D eigenvalue weighted by molar-refractivity contribution is 5.95. The van der Waals surface area contributed by atoms with Gasteiger partial charge in [-0.15, -0.1) is 0 Å². The van der Waals surface area contributed by atoms with Gasteiger partial charge >= 0.3 is 0 Å². The van der Waals surface area contributed by atoms with Crippen LogP contribution >= 0.6 is 0 Å². The zero-order valence-electron chi connectivity index (χ0n) is 13.0. The molecule has 0 saturated carbocycles. The number of amides is 1. The number of nitrogens with zero attached hydrogens (tertiary/aromatic N) is 1. The van der Waals surface area contributed by atoms with Crippen LogP contribution in [-0.4, -0.2) is 10.9 Å². The van der Waals surface area contributed by atoms with Crippen molar-refractivity contribution in [2.75, 3.05) is 0 Å². The van der Waals surface area contributed by atoms with E-state index in [-0.39, 0.29) is 5.91 Å². The maximum Gasteiger partial charge on any atom is 0.251 e. The Hall–Kier alpha value is -2.94. The van der Waals surface area contributed by atoms with E-state index in [1.807, 2.05) is 73.7 Å². The van der Waals surface area contributed by atoms with Crippen LogP contribution in [0.1, 0.15) is 21.5 Å². The van der Waals surface area contributed by atoms with Crippen molar-refractivity contribution < 1.29 is 4.79 Å². The highest BCUT2D eigenvalue weighted by Crippen LogP contribution is 2.17. The Morgan fingerprint density at radius 1 is 1.00 bits per heavy atom. The molecule has 3 nitrogen and oxygen atoms in total. The van der Waals surface area contributed by atoms with Crippen LogP contribution in [0.5, 0.6) is 0 Å². The van der Waals surface area contributed by atoms with E-state index >= 15 is 0 Å². The number of benzene rings is 2. The summed E-state index contributed by atoms with van der Waals surface area (Å²) in [6.07, 6.45) is 1.75. The number of carbonyl (C=O) groups is 1. The number of aryl methyl sites for hydroxylation is 1. The Morgan fingerprint density at radius 3 is 2.57 bits per heavy atom. The predicted molar refractivity (Wildman–Crippen MR) is 92.0 cm³/mol. The molecule has 0 aliphatic carbocycles. The van der Waals surface area contributed by atoms with E-state index < -0.39 is 0 Å². The fourth-order valence-electron chi connectivity index (χ4n) is 2.34. The molecule has 1 aromatic heterocycles. The maximum absolute atomic E-state index is 12.3. The van der Waals surface area contributed by atoms with Gasteiger partial charge < -0.3 is 5.32 Å². The van der Waals surface area contributed by atoms with E-state index in [0.29, 0.717) is 12.1 Å². The number of nitrogens with one attached hydrogen (secondary N) is 1. The standard InChI is InChI=1S/C20H18N2O/c1-15-8-10-16(11-9-15)14-22-20(23)18-6-4-5-17(13-18)19-7-2-3-12-21-19/h2-13H,14H2,1H3,(H,22,23). The molecule has 2 aromatic carbocycles. The third-order valence-electron chi connectivity index (χ3n) is 3.66. The molecule has 0 unspecified atom stereocenters. The summed E-state index contributed by atoms with van der Waals surface area (Å²) in [4.78, 5) is 16.7. The molecule has 0 bridgehead atoms. The lowest BCUT2D eigenvalue weighted by Crippen LogP contribution is -2.22. The first kappa shape index (κ1) is 15.0. The molecule has 3 aromatic rings. The fourth-order valence-corrected chi connectivity index (χ4v) is 2.34. The summed E-state index contributed by atoms with van der Waals surface area (Å²) in [5, 5.41) is 2.95. The van der Waals surface area contributed by atoms with Gasteiger partial charge in [0.2, 0.25) is 0 Å². The maximum atomic E-state index is 12.3. The Balaban J connectivity index is 1.71. The third-order valence-corrected chi connectivity index (χ3v) is 3.66. The van der Waals surface area contributed by atoms with Crippen LogP contribution in [0.3, 0.4) is 0 Å². The quantitative estimate of drug-likeness (QED) is 0.792. The summed E-state index contributed by atoms with van der Waals surface area (Å²) < 4.78 is 0. The second kappa shape index (κ2) is 6.88. The first-order valence-corrected chi connectivity index (χ1v) is 7.57. The Bertz CT molecular complexity index is 795. The van der Waals surface area contributed by atoms with Gasteiger partial charge in [-0.3, -0.25) is 9.78 Å². The smallest absolute Gasteiger partial charge is 0.251 e. The van der Waals surface area contributed by atoms with E-state index in [2.05, 4.69) is 10.3 Å². The first-order valence-electron chi connectivity index (χ1n) is 7.57. The van der Waals surface area contributed by atoms with E-state index in [1.54, 1.807) is 6.20 Å². The van der Waals surface area contributed by atoms with Crippen molar-refractivity contribution in [1.29, 1.82) is 0 Å². The molecule has 3 rings (SSSR count). The number of hydrogen-bond acceptors (Lipinski definition) is 2. The van der Waals surface area contributed by atoms with Gasteiger partial charge in [0, 0.05) is 23.9 Å². The molecule has 1 heterocycles. The monoisotopic (exact) mass is 302 g/mol. The van der Waals surface area contributed by atoms with Crippen molar-refractivity contribution in [3.63, 3.8) is 0 Å². The topological polar surface area (TPSA) is 42.0 Å². The van der Waals surface area contributed by atoms with Crippen LogP contribution in [0, 0.1) is 6.92 Å². The van der Waals surface area contributed by atoms with E-state index in [0.717, 1.165) is 16.8 Å². The van der Waals surface area contributed by atoms with Gasteiger partial charge in [-0.05, 0) is 36.8 Å². The number of hydrogen-bond donors (Lipinski definition) is 1. The zero-order valence-corrected chi connectivity index (χ0v) is 13.0. The van der Waals surface area contributed by atoms with Crippen LogP contribution in [0.25, 0.3) is 11.3 Å². The number of carbonyl (C=O) groups excluding carboxylic acids is 1. The van der Waals surface area contributed by atoms with Crippen molar-refractivity contribution in [3.8, 4) is 11.3 Å². The molecule has 1 N–H and O–H groups in total. The molecular formula is C20H18N2O. The number of pyridine rings is 1. The summed E-state index contributed by atoms with van der Waals surface area (Å²) in [6, 6.07) is 21.4. The number of aromatic nitrogens is 1. The lowest BCUT2D eigenvalue weighted by Gasteiger charge is -2.07. The second-order valence-corrected chi connectivity index (χ2v) is 5.46. The van der Waals surface area contributed by atoms with Gasteiger partial charge in [-0.2, -0.15) is 0 Å². The number of rotatable bonds is 4. The molecule has 0 saturated heterocycles. The second-order valence-electron chi connectivity index (χ2n) is 5.46. The van der Waals surface area contributed by atoms with E-state index in [1.165, 1.54) is 5.56 Å². The van der Waals surface area contributed by atoms with Gasteiger partial charge in [-0.25, -0.2) is 0 Å². The molecule has 23 heavy (non-hydrogen) atoms. The van der Waals surface area contributed by atoms with Crippen molar-refractivity contribution in [1.82, 2.24) is 10.3 Å². The summed E-state index contributed by atoms with van der Waals surface area (Å²) in [5.41, 5.74) is 4.74. The minimum absolute atomic E-state index is 0.0802. The largest absolute Gasteiger partial charge is 0.348 e. The Kier molecular flexibility index (Phi) is 4.48. The average Bonchev–Trinajstić information content (AvgIpc) is 2.62. The highest BCUT2D eigenvalue weighted by Gasteiger charge is 2.07. The van der Waals surface area contributed by atoms with Crippen molar-refractivity contribution in [3.05, 3.63) is 89.6 Å². The van der Waals surface area contributed by atoms with Crippen molar-refractivity contribution in [2.45, 2.75) is 13.5 Å². The van der Waals surface area contributed by atoms with Crippen LogP contribution in [0.4, 0.5) is 0 Å². The molecule has 114 valence electrons. The minimum atomic E-state index is -0.0802. The van der Waals surface area contributed by atoms with Crippen molar-refractivity contribution >= 4 is 5.91 Å². The van der Waals surface area contributed by atoms with Crippen LogP contribution < -0.4 is 5.32 Å². The molecule has 0 radical (unpaired) electrons. The van der Waals surface area contributed by atoms with Gasteiger partial charge in [0.15, 0.2) is 0 Å². The molecule has 0 spiro atoms. The van der Waals surface area contributed by atoms with Gasteiger partial charge in [0.1, 0.15) is 0 Å². The fraction of sp³-hybridized carbons (Fsp3) is 0.100. The lowest BCUT2D eigenvalue weighted by molar-refractivity contribution is 0.0951. The SMILES string of the molecule is Cc1ccc(CNC(=O)c2cccc(-c3ccccn3)c2)cc1. The normalized spacial score (nSPS) is 10.3. The zero-order chi connectivity index (χ0) is 16.1. The first-order chi connectivity index (χ1) is 11.2. The predicted octanol–water partition coefficient (Wildman–Crippen LogP) is 3.99. The highest BCUT2D eigenvalue weighted by atomic mass is 16.1. The summed E-state index contributed by atoms with van der Waals surface area (Å²) in [7, 11) is 0. The summed E-state index contributed by atoms with van der Waals surface area (Å²) in [6.45, 7) is 2.57. The molecule has 3 heteroatoms. The molecule has 0 fully saturated rings. The van der Waals surface area contributed by atoms with Gasteiger partial charge in [-0.1, -0.05) is 48.0 Å². The van der Waals surface area contributed by atoms with Gasteiger partial charge in [0.05, 0.1) is 5.69 Å². The summed E-state index contributed by atoms with van der Waals surface area (Å²) in [5.74, 6) is -0.0802. The molecule has 0 aliphatic rings.